The van der Waals surface area contributed by atoms with Gasteiger partial charge in [0, 0.05) is 33.8 Å². The molecule has 1 aromatic carbocycles. The summed E-state index contributed by atoms with van der Waals surface area (Å²) in [7, 11) is -0.486. The van der Waals surface area contributed by atoms with Gasteiger partial charge in [-0.3, -0.25) is 0 Å². The fourth-order valence-electron chi connectivity index (χ4n) is 2.73. The van der Waals surface area contributed by atoms with Crippen molar-refractivity contribution in [1.82, 2.24) is 9.62 Å². The van der Waals surface area contributed by atoms with E-state index in [1.807, 2.05) is 0 Å². The predicted molar refractivity (Wildman–Crippen MR) is 114 cm³/mol. The smallest absolute Gasteiger partial charge is 0.242 e. The SMILES string of the molecule is CCCCNc1ccc(S(=O)(=O)N(C)C)cc1NC(=S)NC[C@H]1CCCO1. The van der Waals surface area contributed by atoms with Gasteiger partial charge < -0.3 is 20.7 Å². The molecule has 3 N–H and O–H groups in total. The van der Waals surface area contributed by atoms with Crippen LogP contribution >= 0.6 is 12.2 Å². The second-order valence-electron chi connectivity index (χ2n) is 6.75. The lowest BCUT2D eigenvalue weighted by Crippen LogP contribution is -2.35. The molecule has 1 fully saturated rings. The molecule has 9 heteroatoms. The van der Waals surface area contributed by atoms with Crippen LogP contribution in [0.2, 0.25) is 0 Å². The van der Waals surface area contributed by atoms with E-state index in [2.05, 4.69) is 22.9 Å². The largest absolute Gasteiger partial charge is 0.383 e. The zero-order chi connectivity index (χ0) is 19.9. The normalized spacial score (nSPS) is 17.1. The molecule has 1 aromatic rings. The Kier molecular flexibility index (Phi) is 8.28. The second-order valence-corrected chi connectivity index (χ2v) is 9.31. The van der Waals surface area contributed by atoms with Gasteiger partial charge in [0.15, 0.2) is 5.11 Å². The zero-order valence-corrected chi connectivity index (χ0v) is 17.9. The number of rotatable bonds is 9. The van der Waals surface area contributed by atoms with Crippen LogP contribution in [-0.2, 0) is 14.8 Å². The summed E-state index contributed by atoms with van der Waals surface area (Å²) < 4.78 is 31.7. The van der Waals surface area contributed by atoms with Crippen molar-refractivity contribution in [3.05, 3.63) is 18.2 Å². The number of hydrogen-bond acceptors (Lipinski definition) is 5. The molecule has 1 atom stereocenters. The van der Waals surface area contributed by atoms with Gasteiger partial charge in [0.1, 0.15) is 0 Å². The molecule has 0 aliphatic carbocycles. The van der Waals surface area contributed by atoms with Crippen LogP contribution in [0.3, 0.4) is 0 Å². The lowest BCUT2D eigenvalue weighted by Gasteiger charge is -2.19. The van der Waals surface area contributed by atoms with Crippen LogP contribution in [0.25, 0.3) is 0 Å². The highest BCUT2D eigenvalue weighted by Crippen LogP contribution is 2.27. The number of hydrogen-bond donors (Lipinski definition) is 3. The topological polar surface area (TPSA) is 82.7 Å². The standard InChI is InChI=1S/C18H30N4O3S2/c1-4-5-10-19-16-9-8-15(27(23,24)22(2)3)12-17(16)21-18(26)20-13-14-7-6-11-25-14/h8-9,12,14,19H,4-7,10-11,13H2,1-3H3,(H2,20,21,26)/t14-/m1/s1. The van der Waals surface area contributed by atoms with E-state index in [4.69, 9.17) is 17.0 Å². The van der Waals surface area contributed by atoms with Crippen molar-refractivity contribution >= 4 is 38.7 Å². The van der Waals surface area contributed by atoms with Crippen molar-refractivity contribution in [3.63, 3.8) is 0 Å². The first-order valence-electron chi connectivity index (χ1n) is 9.31. The van der Waals surface area contributed by atoms with E-state index in [0.717, 1.165) is 44.5 Å². The van der Waals surface area contributed by atoms with Crippen LogP contribution in [0.1, 0.15) is 32.6 Å². The molecule has 1 aliphatic rings. The Morgan fingerprint density at radius 3 is 2.74 bits per heavy atom. The van der Waals surface area contributed by atoms with Gasteiger partial charge in [-0.2, -0.15) is 0 Å². The summed E-state index contributed by atoms with van der Waals surface area (Å²) in [6, 6.07) is 5.00. The minimum absolute atomic E-state index is 0.173. The summed E-state index contributed by atoms with van der Waals surface area (Å²) in [5.41, 5.74) is 1.46. The molecule has 0 bridgehead atoms. The van der Waals surface area contributed by atoms with Crippen molar-refractivity contribution in [2.24, 2.45) is 0 Å². The molecule has 1 heterocycles. The minimum atomic E-state index is -3.52. The zero-order valence-electron chi connectivity index (χ0n) is 16.2. The Hall–Kier alpha value is -1.42. The Labute approximate surface area is 167 Å². The molecular formula is C18H30N4O3S2. The first kappa shape index (κ1) is 21.9. The molecule has 7 nitrogen and oxygen atoms in total. The summed E-state index contributed by atoms with van der Waals surface area (Å²) in [5, 5.41) is 10.1. The lowest BCUT2D eigenvalue weighted by molar-refractivity contribution is 0.114. The van der Waals surface area contributed by atoms with E-state index >= 15 is 0 Å². The molecule has 27 heavy (non-hydrogen) atoms. The van der Waals surface area contributed by atoms with E-state index in [1.54, 1.807) is 18.2 Å². The molecule has 2 rings (SSSR count). The number of unbranched alkanes of at least 4 members (excludes halogenated alkanes) is 1. The Balaban J connectivity index is 2.14. The maximum atomic E-state index is 12.5. The summed E-state index contributed by atoms with van der Waals surface area (Å²) in [6.45, 7) is 4.36. The number of nitrogens with one attached hydrogen (secondary N) is 3. The highest BCUT2D eigenvalue weighted by atomic mass is 32.2. The molecule has 0 spiro atoms. The Morgan fingerprint density at radius 1 is 1.33 bits per heavy atom. The fourth-order valence-corrected chi connectivity index (χ4v) is 3.85. The van der Waals surface area contributed by atoms with Crippen LogP contribution in [0, 0.1) is 0 Å². The molecule has 1 aliphatic heterocycles. The van der Waals surface area contributed by atoms with Crippen molar-refractivity contribution in [2.45, 2.75) is 43.6 Å². The second kappa shape index (κ2) is 10.2. The molecule has 152 valence electrons. The van der Waals surface area contributed by atoms with Gasteiger partial charge in [-0.1, -0.05) is 13.3 Å². The summed E-state index contributed by atoms with van der Waals surface area (Å²) in [5.74, 6) is 0. The molecule has 0 saturated carbocycles. The third kappa shape index (κ3) is 6.31. The number of benzene rings is 1. The van der Waals surface area contributed by atoms with Crippen molar-refractivity contribution < 1.29 is 13.2 Å². The highest BCUT2D eigenvalue weighted by Gasteiger charge is 2.20. The van der Waals surface area contributed by atoms with Gasteiger partial charge in [-0.05, 0) is 49.7 Å². The average Bonchev–Trinajstić information content (AvgIpc) is 3.14. The van der Waals surface area contributed by atoms with E-state index in [9.17, 15) is 8.42 Å². The third-order valence-corrected chi connectivity index (χ3v) is 6.44. The van der Waals surface area contributed by atoms with E-state index in [1.165, 1.54) is 18.4 Å². The monoisotopic (exact) mass is 414 g/mol. The summed E-state index contributed by atoms with van der Waals surface area (Å²) >= 11 is 5.39. The third-order valence-electron chi connectivity index (χ3n) is 4.38. The molecule has 0 amide bonds. The van der Waals surface area contributed by atoms with E-state index in [-0.39, 0.29) is 11.0 Å². The number of nitrogens with zero attached hydrogens (tertiary/aromatic N) is 1. The summed E-state index contributed by atoms with van der Waals surface area (Å²) in [4.78, 5) is 0.220. The van der Waals surface area contributed by atoms with Crippen LogP contribution < -0.4 is 16.0 Å². The van der Waals surface area contributed by atoms with E-state index in [0.29, 0.717) is 17.3 Å². The van der Waals surface area contributed by atoms with Gasteiger partial charge in [0.05, 0.1) is 22.4 Å². The van der Waals surface area contributed by atoms with Crippen LogP contribution in [-0.4, -0.2) is 57.7 Å². The maximum absolute atomic E-state index is 12.5. The maximum Gasteiger partial charge on any atom is 0.242 e. The van der Waals surface area contributed by atoms with Crippen molar-refractivity contribution in [2.75, 3.05) is 44.4 Å². The Bertz CT molecular complexity index is 732. The number of sulfonamides is 1. The Morgan fingerprint density at radius 2 is 2.11 bits per heavy atom. The van der Waals surface area contributed by atoms with Crippen molar-refractivity contribution in [3.8, 4) is 0 Å². The predicted octanol–water partition coefficient (Wildman–Crippen LogP) is 2.61. The molecule has 0 aromatic heterocycles. The molecule has 0 radical (unpaired) electrons. The molecule has 1 saturated heterocycles. The first-order chi connectivity index (χ1) is 12.8. The average molecular weight is 415 g/mol. The lowest BCUT2D eigenvalue weighted by atomic mass is 10.2. The first-order valence-corrected chi connectivity index (χ1v) is 11.2. The number of ether oxygens (including phenoxy) is 1. The van der Waals surface area contributed by atoms with Crippen molar-refractivity contribution in [1.29, 1.82) is 0 Å². The van der Waals surface area contributed by atoms with Gasteiger partial charge in [0.2, 0.25) is 10.0 Å². The number of anilines is 2. The van der Waals surface area contributed by atoms with Crippen LogP contribution in [0.5, 0.6) is 0 Å². The van der Waals surface area contributed by atoms with E-state index < -0.39 is 10.0 Å². The summed E-state index contributed by atoms with van der Waals surface area (Å²) in [6.07, 6.45) is 4.37. The van der Waals surface area contributed by atoms with Gasteiger partial charge >= 0.3 is 0 Å². The molecular weight excluding hydrogens is 384 g/mol. The van der Waals surface area contributed by atoms with Crippen LogP contribution in [0.15, 0.2) is 23.1 Å². The number of thiocarbonyl (C=S) groups is 1. The minimum Gasteiger partial charge on any atom is -0.383 e. The highest BCUT2D eigenvalue weighted by molar-refractivity contribution is 7.89. The quantitative estimate of drug-likeness (QED) is 0.423. The fraction of sp³-hybridized carbons (Fsp3) is 0.611. The van der Waals surface area contributed by atoms with Gasteiger partial charge in [0.25, 0.3) is 0 Å². The van der Waals surface area contributed by atoms with Gasteiger partial charge in [-0.15, -0.1) is 0 Å². The molecule has 0 unspecified atom stereocenters. The van der Waals surface area contributed by atoms with Crippen LogP contribution in [0.4, 0.5) is 11.4 Å². The van der Waals surface area contributed by atoms with Gasteiger partial charge in [-0.25, -0.2) is 12.7 Å².